The predicted octanol–water partition coefficient (Wildman–Crippen LogP) is 5.13. The van der Waals surface area contributed by atoms with Crippen LogP contribution >= 0.6 is 35.6 Å². The highest BCUT2D eigenvalue weighted by atomic mass is 35.5. The molecule has 0 bridgehead atoms. The van der Waals surface area contributed by atoms with Crippen LogP contribution in [-0.4, -0.2) is 39.0 Å². The van der Waals surface area contributed by atoms with E-state index >= 15 is 0 Å². The topological polar surface area (TPSA) is 34.5 Å². The van der Waals surface area contributed by atoms with Gasteiger partial charge in [-0.15, -0.1) is 0 Å². The van der Waals surface area contributed by atoms with Gasteiger partial charge in [-0.2, -0.15) is 0 Å². The molecule has 2 aliphatic heterocycles. The molecule has 0 unspecified atom stereocenters. The van der Waals surface area contributed by atoms with Crippen LogP contribution in [0.15, 0.2) is 35.2 Å². The molecule has 2 aliphatic rings. The van der Waals surface area contributed by atoms with Crippen molar-refractivity contribution in [3.63, 3.8) is 0 Å². The summed E-state index contributed by atoms with van der Waals surface area (Å²) in [4.78, 5) is 15.2. The maximum Gasteiger partial charge on any atom is 0.266 e. The highest BCUT2D eigenvalue weighted by Gasteiger charge is 2.34. The molecule has 146 valence electrons. The Labute approximate surface area is 179 Å². The summed E-state index contributed by atoms with van der Waals surface area (Å²) in [6, 6.07) is 9.84. The van der Waals surface area contributed by atoms with Gasteiger partial charge in [-0.05, 0) is 68.7 Å². The van der Waals surface area contributed by atoms with Crippen LogP contribution < -0.4 is 0 Å². The van der Waals surface area contributed by atoms with Crippen molar-refractivity contribution in [2.75, 3.05) is 13.2 Å². The molecule has 1 amide bonds. The summed E-state index contributed by atoms with van der Waals surface area (Å²) < 4.78 is 8.44. The van der Waals surface area contributed by atoms with E-state index in [1.54, 1.807) is 4.90 Å². The quantitative estimate of drug-likeness (QED) is 0.495. The smallest absolute Gasteiger partial charge is 0.266 e. The van der Waals surface area contributed by atoms with Gasteiger partial charge in [0, 0.05) is 28.7 Å². The minimum absolute atomic E-state index is 0.0261. The number of ether oxygens (including phenoxy) is 1. The number of rotatable bonds is 4. The molecular weight excluding hydrogens is 412 g/mol. The molecule has 1 aromatic heterocycles. The molecule has 28 heavy (non-hydrogen) atoms. The van der Waals surface area contributed by atoms with Gasteiger partial charge in [0.2, 0.25) is 0 Å². The Morgan fingerprint density at radius 1 is 1.32 bits per heavy atom. The Bertz CT molecular complexity index is 960. The third kappa shape index (κ3) is 3.79. The Kier molecular flexibility index (Phi) is 5.65. The standard InChI is InChI=1S/C21H21ClN2O2S2/c1-13-10-15(14(2)24(13)17-7-5-16(22)6-8-17)11-19-20(25)23(21(27)28-19)12-18-4-3-9-26-18/h5-8,10-11,18H,3-4,9,12H2,1-2H3/b19-11-/t18-/m0/s1. The molecule has 2 saturated heterocycles. The molecule has 4 nitrogen and oxygen atoms in total. The molecular formula is C21H21ClN2O2S2. The first-order valence-corrected chi connectivity index (χ1v) is 10.9. The van der Waals surface area contributed by atoms with E-state index in [9.17, 15) is 4.79 Å². The summed E-state index contributed by atoms with van der Waals surface area (Å²) in [5.41, 5.74) is 4.24. The Morgan fingerprint density at radius 3 is 2.75 bits per heavy atom. The van der Waals surface area contributed by atoms with Crippen molar-refractivity contribution in [1.29, 1.82) is 0 Å². The Morgan fingerprint density at radius 2 is 2.07 bits per heavy atom. The van der Waals surface area contributed by atoms with Crippen LogP contribution in [0.4, 0.5) is 0 Å². The molecule has 4 rings (SSSR count). The Hall–Kier alpha value is -1.60. The fourth-order valence-electron chi connectivity index (χ4n) is 3.71. The Balaban J connectivity index is 1.60. The highest BCUT2D eigenvalue weighted by molar-refractivity contribution is 8.26. The lowest BCUT2D eigenvalue weighted by atomic mass is 10.2. The van der Waals surface area contributed by atoms with Gasteiger partial charge in [0.1, 0.15) is 4.32 Å². The molecule has 2 fully saturated rings. The fourth-order valence-corrected chi connectivity index (χ4v) is 5.10. The highest BCUT2D eigenvalue weighted by Crippen LogP contribution is 2.35. The average Bonchev–Trinajstić information content (AvgIpc) is 3.34. The number of aromatic nitrogens is 1. The van der Waals surface area contributed by atoms with E-state index in [0.29, 0.717) is 20.8 Å². The molecule has 0 spiro atoms. The van der Waals surface area contributed by atoms with E-state index in [4.69, 9.17) is 28.6 Å². The van der Waals surface area contributed by atoms with Gasteiger partial charge < -0.3 is 9.30 Å². The summed E-state index contributed by atoms with van der Waals surface area (Å²) in [5.74, 6) is -0.0261. The van der Waals surface area contributed by atoms with Crippen LogP contribution in [0.3, 0.4) is 0 Å². The maximum absolute atomic E-state index is 12.9. The lowest BCUT2D eigenvalue weighted by Gasteiger charge is -2.18. The van der Waals surface area contributed by atoms with Crippen LogP contribution in [0.25, 0.3) is 11.8 Å². The first-order chi connectivity index (χ1) is 13.4. The summed E-state index contributed by atoms with van der Waals surface area (Å²) >= 11 is 12.8. The van der Waals surface area contributed by atoms with Gasteiger partial charge in [0.15, 0.2) is 0 Å². The normalized spacial score (nSPS) is 21.3. The van der Waals surface area contributed by atoms with Gasteiger partial charge in [-0.25, -0.2) is 0 Å². The molecule has 7 heteroatoms. The second-order valence-electron chi connectivity index (χ2n) is 7.07. The van der Waals surface area contributed by atoms with E-state index in [1.807, 2.05) is 30.3 Å². The minimum atomic E-state index is -0.0261. The maximum atomic E-state index is 12.9. The number of hydrogen-bond acceptors (Lipinski definition) is 4. The van der Waals surface area contributed by atoms with Crippen LogP contribution in [0.2, 0.25) is 5.02 Å². The molecule has 1 aromatic carbocycles. The second-order valence-corrected chi connectivity index (χ2v) is 9.18. The molecule has 0 N–H and O–H groups in total. The van der Waals surface area contributed by atoms with E-state index in [-0.39, 0.29) is 12.0 Å². The average molecular weight is 433 g/mol. The van der Waals surface area contributed by atoms with Gasteiger partial charge in [0.05, 0.1) is 17.6 Å². The number of thioether (sulfide) groups is 1. The van der Waals surface area contributed by atoms with Gasteiger partial charge >= 0.3 is 0 Å². The lowest BCUT2D eigenvalue weighted by Crippen LogP contribution is -2.35. The summed E-state index contributed by atoms with van der Waals surface area (Å²) in [5, 5.41) is 0.710. The van der Waals surface area contributed by atoms with Crippen LogP contribution in [0, 0.1) is 13.8 Å². The van der Waals surface area contributed by atoms with Crippen molar-refractivity contribution >= 4 is 51.9 Å². The SMILES string of the molecule is Cc1cc(/C=C2\SC(=S)N(C[C@@H]3CCCO3)C2=O)c(C)n1-c1ccc(Cl)cc1. The number of thiocarbonyl (C=S) groups is 1. The number of carbonyl (C=O) groups excluding carboxylic acids is 1. The molecule has 0 aliphatic carbocycles. The zero-order chi connectivity index (χ0) is 19.8. The third-order valence-electron chi connectivity index (χ3n) is 5.13. The summed E-state index contributed by atoms with van der Waals surface area (Å²) in [6.45, 7) is 5.43. The van der Waals surface area contributed by atoms with Gasteiger partial charge in [-0.3, -0.25) is 9.69 Å². The van der Waals surface area contributed by atoms with Gasteiger partial charge in [0.25, 0.3) is 5.91 Å². The van der Waals surface area contributed by atoms with E-state index in [2.05, 4.69) is 24.5 Å². The van der Waals surface area contributed by atoms with Crippen molar-refractivity contribution < 1.29 is 9.53 Å². The van der Waals surface area contributed by atoms with E-state index in [1.165, 1.54) is 11.8 Å². The van der Waals surface area contributed by atoms with Crippen molar-refractivity contribution in [1.82, 2.24) is 9.47 Å². The number of hydrogen-bond donors (Lipinski definition) is 0. The summed E-state index contributed by atoms with van der Waals surface area (Å²) in [6.07, 6.45) is 4.07. The first-order valence-electron chi connectivity index (χ1n) is 9.26. The van der Waals surface area contributed by atoms with Crippen LogP contribution in [0.5, 0.6) is 0 Å². The summed E-state index contributed by atoms with van der Waals surface area (Å²) in [7, 11) is 0. The number of carbonyl (C=O) groups is 1. The number of nitrogens with zero attached hydrogens (tertiary/aromatic N) is 2. The molecule has 2 aromatic rings. The monoisotopic (exact) mass is 432 g/mol. The third-order valence-corrected chi connectivity index (χ3v) is 6.76. The second kappa shape index (κ2) is 8.03. The molecule has 1 atom stereocenters. The van der Waals surface area contributed by atoms with E-state index < -0.39 is 0 Å². The van der Waals surface area contributed by atoms with Crippen molar-refractivity contribution in [2.45, 2.75) is 32.8 Å². The predicted molar refractivity (Wildman–Crippen MR) is 119 cm³/mol. The number of benzene rings is 1. The molecule has 3 heterocycles. The van der Waals surface area contributed by atoms with Crippen molar-refractivity contribution in [3.05, 3.63) is 57.2 Å². The first kappa shape index (κ1) is 19.7. The fraction of sp³-hybridized carbons (Fsp3) is 0.333. The van der Waals surface area contributed by atoms with Crippen LogP contribution in [0.1, 0.15) is 29.8 Å². The lowest BCUT2D eigenvalue weighted by molar-refractivity contribution is -0.123. The van der Waals surface area contributed by atoms with Crippen LogP contribution in [-0.2, 0) is 9.53 Å². The molecule has 0 radical (unpaired) electrons. The number of amides is 1. The van der Waals surface area contributed by atoms with Crippen molar-refractivity contribution in [2.24, 2.45) is 0 Å². The number of aryl methyl sites for hydroxylation is 1. The zero-order valence-electron chi connectivity index (χ0n) is 15.8. The number of halogens is 1. The zero-order valence-corrected chi connectivity index (χ0v) is 18.2. The van der Waals surface area contributed by atoms with Crippen molar-refractivity contribution in [3.8, 4) is 5.69 Å². The largest absolute Gasteiger partial charge is 0.376 e. The van der Waals surface area contributed by atoms with Gasteiger partial charge in [-0.1, -0.05) is 35.6 Å². The molecule has 0 saturated carbocycles. The van der Waals surface area contributed by atoms with E-state index in [0.717, 1.165) is 42.1 Å². The minimum Gasteiger partial charge on any atom is -0.376 e.